The van der Waals surface area contributed by atoms with Crippen molar-refractivity contribution in [3.8, 4) is 10.6 Å². The average Bonchev–Trinajstić information content (AvgIpc) is 3.19. The van der Waals surface area contributed by atoms with Gasteiger partial charge in [-0.1, -0.05) is 32.0 Å². The molecule has 0 fully saturated rings. The van der Waals surface area contributed by atoms with Crippen molar-refractivity contribution < 1.29 is 4.79 Å². The number of anilines is 1. The van der Waals surface area contributed by atoms with Crippen molar-refractivity contribution in [2.75, 3.05) is 5.32 Å². The van der Waals surface area contributed by atoms with E-state index < -0.39 is 0 Å². The zero-order valence-electron chi connectivity index (χ0n) is 14.0. The van der Waals surface area contributed by atoms with Gasteiger partial charge in [0.15, 0.2) is 0 Å². The van der Waals surface area contributed by atoms with Crippen molar-refractivity contribution in [1.29, 1.82) is 0 Å². The van der Waals surface area contributed by atoms with E-state index in [9.17, 15) is 4.79 Å². The molecule has 1 aromatic carbocycles. The van der Waals surface area contributed by atoms with Crippen molar-refractivity contribution >= 4 is 34.3 Å². The molecule has 3 rings (SSSR count). The number of nitrogens with zero attached hydrogens (tertiary/aromatic N) is 1. The Bertz CT molecular complexity index is 835. The highest BCUT2D eigenvalue weighted by molar-refractivity contribution is 7.14. The van der Waals surface area contributed by atoms with Crippen LogP contribution in [0.3, 0.4) is 0 Å². The summed E-state index contributed by atoms with van der Waals surface area (Å²) in [7, 11) is 0. The summed E-state index contributed by atoms with van der Waals surface area (Å²) in [6, 6.07) is 8.19. The van der Waals surface area contributed by atoms with Crippen LogP contribution >= 0.6 is 22.7 Å². The van der Waals surface area contributed by atoms with Crippen molar-refractivity contribution in [3.05, 3.63) is 57.2 Å². The van der Waals surface area contributed by atoms with E-state index in [1.54, 1.807) is 22.7 Å². The van der Waals surface area contributed by atoms with E-state index in [-0.39, 0.29) is 5.91 Å². The molecule has 1 amide bonds. The molecule has 2 heterocycles. The number of amides is 1. The number of thiazole rings is 1. The van der Waals surface area contributed by atoms with E-state index >= 15 is 0 Å². The summed E-state index contributed by atoms with van der Waals surface area (Å²) in [5.74, 6) is 0.345. The molecule has 0 atom stereocenters. The van der Waals surface area contributed by atoms with Crippen molar-refractivity contribution in [3.63, 3.8) is 0 Å². The maximum absolute atomic E-state index is 12.5. The molecule has 0 spiro atoms. The van der Waals surface area contributed by atoms with Crippen LogP contribution < -0.4 is 5.32 Å². The number of aromatic nitrogens is 1. The van der Waals surface area contributed by atoms with E-state index in [2.05, 4.69) is 41.7 Å². The third-order valence-corrected chi connectivity index (χ3v) is 5.48. The van der Waals surface area contributed by atoms with Crippen LogP contribution in [-0.2, 0) is 11.2 Å². The first-order valence-electron chi connectivity index (χ1n) is 7.91. The van der Waals surface area contributed by atoms with Gasteiger partial charge >= 0.3 is 0 Å². The Hall–Kier alpha value is -1.98. The van der Waals surface area contributed by atoms with Crippen LogP contribution in [0.15, 0.2) is 40.4 Å². The molecular formula is C19H20N2OS2. The van der Waals surface area contributed by atoms with Crippen LogP contribution in [0.5, 0.6) is 0 Å². The van der Waals surface area contributed by atoms with Crippen molar-refractivity contribution in [1.82, 2.24) is 4.98 Å². The first-order valence-corrected chi connectivity index (χ1v) is 9.73. The molecule has 124 valence electrons. The molecule has 2 aromatic heterocycles. The van der Waals surface area contributed by atoms with Gasteiger partial charge in [0.05, 0.1) is 12.1 Å². The Morgan fingerprint density at radius 1 is 1.25 bits per heavy atom. The minimum Gasteiger partial charge on any atom is -0.325 e. The van der Waals surface area contributed by atoms with Gasteiger partial charge in [-0.05, 0) is 35.4 Å². The van der Waals surface area contributed by atoms with E-state index in [1.807, 2.05) is 29.8 Å². The number of para-hydroxylation sites is 1. The Morgan fingerprint density at radius 2 is 2.08 bits per heavy atom. The number of aryl methyl sites for hydroxylation is 1. The number of hydrogen-bond donors (Lipinski definition) is 1. The zero-order valence-corrected chi connectivity index (χ0v) is 15.6. The summed E-state index contributed by atoms with van der Waals surface area (Å²) in [5, 5.41) is 10.1. The van der Waals surface area contributed by atoms with Gasteiger partial charge in [0.2, 0.25) is 5.91 Å². The molecule has 3 aromatic rings. The number of hydrogen-bond acceptors (Lipinski definition) is 4. The smallest absolute Gasteiger partial charge is 0.230 e. The highest BCUT2D eigenvalue weighted by atomic mass is 32.1. The Kier molecular flexibility index (Phi) is 5.11. The molecule has 0 aliphatic heterocycles. The Morgan fingerprint density at radius 3 is 2.79 bits per heavy atom. The normalized spacial score (nSPS) is 11.0. The van der Waals surface area contributed by atoms with Crippen molar-refractivity contribution in [2.24, 2.45) is 0 Å². The lowest BCUT2D eigenvalue weighted by atomic mass is 9.98. The molecule has 0 radical (unpaired) electrons. The summed E-state index contributed by atoms with van der Waals surface area (Å²) in [5.41, 5.74) is 5.13. The predicted molar refractivity (Wildman–Crippen MR) is 103 cm³/mol. The molecule has 0 aliphatic carbocycles. The van der Waals surface area contributed by atoms with Gasteiger partial charge in [-0.25, -0.2) is 4.98 Å². The molecule has 3 nitrogen and oxygen atoms in total. The van der Waals surface area contributed by atoms with E-state index in [4.69, 9.17) is 0 Å². The van der Waals surface area contributed by atoms with Crippen LogP contribution in [0, 0.1) is 6.92 Å². The van der Waals surface area contributed by atoms with Gasteiger partial charge < -0.3 is 5.32 Å². The minimum absolute atomic E-state index is 0.0200. The summed E-state index contributed by atoms with van der Waals surface area (Å²) in [6.07, 6.45) is 0.298. The molecular weight excluding hydrogens is 336 g/mol. The number of carbonyl (C=O) groups is 1. The fourth-order valence-corrected chi connectivity index (χ4v) is 4.13. The van der Waals surface area contributed by atoms with E-state index in [0.717, 1.165) is 27.5 Å². The fraction of sp³-hybridized carbons (Fsp3) is 0.263. The maximum atomic E-state index is 12.5. The second kappa shape index (κ2) is 7.28. The van der Waals surface area contributed by atoms with E-state index in [0.29, 0.717) is 12.3 Å². The maximum Gasteiger partial charge on any atom is 0.230 e. The number of benzene rings is 1. The lowest BCUT2D eigenvalue weighted by molar-refractivity contribution is -0.115. The SMILES string of the molecule is Cc1cccc(C(C)C)c1NC(=O)Cc1csc(-c2ccsc2)n1. The first-order chi connectivity index (χ1) is 11.5. The van der Waals surface area contributed by atoms with E-state index in [1.165, 1.54) is 5.56 Å². The molecule has 24 heavy (non-hydrogen) atoms. The second-order valence-electron chi connectivity index (χ2n) is 6.07. The quantitative estimate of drug-likeness (QED) is 0.657. The number of rotatable bonds is 5. The van der Waals surface area contributed by atoms with Crippen molar-refractivity contribution in [2.45, 2.75) is 33.1 Å². The van der Waals surface area contributed by atoms with Crippen LogP contribution in [0.4, 0.5) is 5.69 Å². The standard InChI is InChI=1S/C19H20N2OS2/c1-12(2)16-6-4-5-13(3)18(16)21-17(22)9-15-11-24-19(20-15)14-7-8-23-10-14/h4-8,10-12H,9H2,1-3H3,(H,21,22). The Balaban J connectivity index is 1.73. The molecule has 0 saturated carbocycles. The molecule has 5 heteroatoms. The number of nitrogens with one attached hydrogen (secondary N) is 1. The van der Waals surface area contributed by atoms with Crippen LogP contribution in [0.1, 0.15) is 36.6 Å². The lowest BCUT2D eigenvalue weighted by Gasteiger charge is -2.16. The zero-order chi connectivity index (χ0) is 17.1. The Labute approximate surface area is 150 Å². The summed E-state index contributed by atoms with van der Waals surface area (Å²) in [4.78, 5) is 17.0. The highest BCUT2D eigenvalue weighted by Gasteiger charge is 2.14. The monoisotopic (exact) mass is 356 g/mol. The van der Waals surface area contributed by atoms with Gasteiger partial charge in [0.25, 0.3) is 0 Å². The van der Waals surface area contributed by atoms with Gasteiger partial charge in [0.1, 0.15) is 5.01 Å². The van der Waals surface area contributed by atoms with Gasteiger partial charge in [0, 0.05) is 22.0 Å². The predicted octanol–water partition coefficient (Wildman–Crippen LogP) is 5.48. The number of carbonyl (C=O) groups excluding carboxylic acids is 1. The van der Waals surface area contributed by atoms with Crippen LogP contribution in [0.2, 0.25) is 0 Å². The van der Waals surface area contributed by atoms with Crippen LogP contribution in [-0.4, -0.2) is 10.9 Å². The first kappa shape index (κ1) is 16.9. The average molecular weight is 357 g/mol. The molecule has 0 unspecified atom stereocenters. The topological polar surface area (TPSA) is 42.0 Å². The second-order valence-corrected chi connectivity index (χ2v) is 7.71. The van der Waals surface area contributed by atoms with Gasteiger partial charge in [-0.3, -0.25) is 4.79 Å². The fourth-order valence-electron chi connectivity index (χ4n) is 2.60. The largest absolute Gasteiger partial charge is 0.325 e. The van der Waals surface area contributed by atoms with Gasteiger partial charge in [-0.15, -0.1) is 11.3 Å². The van der Waals surface area contributed by atoms with Crippen LogP contribution in [0.25, 0.3) is 10.6 Å². The summed E-state index contributed by atoms with van der Waals surface area (Å²) in [6.45, 7) is 6.30. The highest BCUT2D eigenvalue weighted by Crippen LogP contribution is 2.28. The third kappa shape index (κ3) is 3.74. The molecule has 0 bridgehead atoms. The summed E-state index contributed by atoms with van der Waals surface area (Å²) >= 11 is 3.23. The minimum atomic E-state index is -0.0200. The molecule has 1 N–H and O–H groups in total. The number of thiophene rings is 1. The lowest BCUT2D eigenvalue weighted by Crippen LogP contribution is -2.17. The molecule has 0 aliphatic rings. The third-order valence-electron chi connectivity index (χ3n) is 3.85. The molecule has 0 saturated heterocycles. The summed E-state index contributed by atoms with van der Waals surface area (Å²) < 4.78 is 0. The van der Waals surface area contributed by atoms with Gasteiger partial charge in [-0.2, -0.15) is 11.3 Å².